The molecule has 6 heteroatoms. The molecule has 0 radical (unpaired) electrons. The second-order valence-electron chi connectivity index (χ2n) is 4.19. The highest BCUT2D eigenvalue weighted by Gasteiger charge is 2.29. The van der Waals surface area contributed by atoms with Crippen LogP contribution in [0.1, 0.15) is 11.1 Å². The predicted molar refractivity (Wildman–Crippen MR) is 74.0 cm³/mol. The number of nitrogens with zero attached hydrogens (tertiary/aromatic N) is 1. The monoisotopic (exact) mass is 279 g/mol. The summed E-state index contributed by atoms with van der Waals surface area (Å²) < 4.78 is 37.2. The molecule has 3 nitrogen and oxygen atoms in total. The number of rotatable bonds is 2. The Balaban J connectivity index is 2.21. The Bertz CT molecular complexity index is 631. The van der Waals surface area contributed by atoms with Crippen LogP contribution in [-0.2, 0) is 6.18 Å². The molecule has 0 unspecified atom stereocenters. The highest BCUT2D eigenvalue weighted by Crippen LogP contribution is 2.30. The van der Waals surface area contributed by atoms with Crippen LogP contribution >= 0.6 is 0 Å². The van der Waals surface area contributed by atoms with Gasteiger partial charge in [0.2, 0.25) is 0 Å². The summed E-state index contributed by atoms with van der Waals surface area (Å²) in [4.78, 5) is 4.07. The SMILES string of the molecule is Nc1ccc(N)c(C=Nc2ccc(C(F)(F)F)cc2)c1. The van der Waals surface area contributed by atoms with E-state index >= 15 is 0 Å². The second-order valence-corrected chi connectivity index (χ2v) is 4.19. The Labute approximate surface area is 113 Å². The van der Waals surface area contributed by atoms with Crippen LogP contribution < -0.4 is 11.5 Å². The minimum absolute atomic E-state index is 0.403. The average Bonchev–Trinajstić information content (AvgIpc) is 2.39. The molecule has 0 fully saturated rings. The Morgan fingerprint density at radius 1 is 0.950 bits per heavy atom. The van der Waals surface area contributed by atoms with Gasteiger partial charge in [0.05, 0.1) is 11.3 Å². The maximum atomic E-state index is 12.4. The normalized spacial score (nSPS) is 11.9. The van der Waals surface area contributed by atoms with Gasteiger partial charge in [0.25, 0.3) is 0 Å². The van der Waals surface area contributed by atoms with Gasteiger partial charge < -0.3 is 11.5 Å². The van der Waals surface area contributed by atoms with Crippen molar-refractivity contribution in [3.63, 3.8) is 0 Å². The largest absolute Gasteiger partial charge is 0.416 e. The minimum Gasteiger partial charge on any atom is -0.399 e. The van der Waals surface area contributed by atoms with E-state index < -0.39 is 11.7 Å². The third-order valence-corrected chi connectivity index (χ3v) is 2.66. The van der Waals surface area contributed by atoms with Crippen molar-refractivity contribution in [3.05, 3.63) is 53.6 Å². The van der Waals surface area contributed by atoms with Gasteiger partial charge in [0.15, 0.2) is 0 Å². The van der Waals surface area contributed by atoms with Crippen LogP contribution in [-0.4, -0.2) is 6.21 Å². The van der Waals surface area contributed by atoms with Gasteiger partial charge in [-0.25, -0.2) is 0 Å². The zero-order valence-corrected chi connectivity index (χ0v) is 10.4. The molecule has 0 heterocycles. The number of nitrogens with two attached hydrogens (primary N) is 2. The van der Waals surface area contributed by atoms with E-state index in [-0.39, 0.29) is 0 Å². The molecule has 2 aromatic rings. The fourth-order valence-corrected chi connectivity index (χ4v) is 1.59. The van der Waals surface area contributed by atoms with Crippen LogP contribution in [0.5, 0.6) is 0 Å². The highest BCUT2D eigenvalue weighted by atomic mass is 19.4. The lowest BCUT2D eigenvalue weighted by Gasteiger charge is -2.06. The van der Waals surface area contributed by atoms with E-state index in [9.17, 15) is 13.2 Å². The molecular weight excluding hydrogens is 267 g/mol. The predicted octanol–water partition coefficient (Wildman–Crippen LogP) is 3.62. The molecule has 20 heavy (non-hydrogen) atoms. The van der Waals surface area contributed by atoms with Crippen LogP contribution in [0.4, 0.5) is 30.2 Å². The summed E-state index contributed by atoms with van der Waals surface area (Å²) in [5.41, 5.74) is 12.7. The molecule has 0 atom stereocenters. The smallest absolute Gasteiger partial charge is 0.399 e. The molecular formula is C14H12F3N3. The standard InChI is InChI=1S/C14H12F3N3/c15-14(16,17)10-1-4-12(5-2-10)20-8-9-7-11(18)3-6-13(9)19/h1-8H,18-19H2. The zero-order valence-electron chi connectivity index (χ0n) is 10.4. The molecule has 0 aromatic heterocycles. The van der Waals surface area contributed by atoms with E-state index in [0.29, 0.717) is 22.6 Å². The number of nitrogen functional groups attached to an aromatic ring is 2. The van der Waals surface area contributed by atoms with Gasteiger partial charge in [-0.15, -0.1) is 0 Å². The highest BCUT2D eigenvalue weighted by molar-refractivity contribution is 5.89. The van der Waals surface area contributed by atoms with Crippen LogP contribution in [0.25, 0.3) is 0 Å². The maximum Gasteiger partial charge on any atom is 0.416 e. The summed E-state index contributed by atoms with van der Waals surface area (Å²) in [5.74, 6) is 0. The quantitative estimate of drug-likeness (QED) is 0.651. The Morgan fingerprint density at radius 2 is 1.60 bits per heavy atom. The van der Waals surface area contributed by atoms with Crippen molar-refractivity contribution in [3.8, 4) is 0 Å². The Morgan fingerprint density at radius 3 is 2.20 bits per heavy atom. The number of hydrogen-bond donors (Lipinski definition) is 2. The van der Waals surface area contributed by atoms with Crippen molar-refractivity contribution in [2.45, 2.75) is 6.18 Å². The molecule has 2 aromatic carbocycles. The molecule has 0 aliphatic heterocycles. The molecule has 0 spiro atoms. The number of anilines is 2. The number of alkyl halides is 3. The molecule has 4 N–H and O–H groups in total. The number of benzene rings is 2. The molecule has 0 saturated heterocycles. The number of hydrogen-bond acceptors (Lipinski definition) is 3. The van der Waals surface area contributed by atoms with Crippen LogP contribution in [0.3, 0.4) is 0 Å². The van der Waals surface area contributed by atoms with E-state index in [2.05, 4.69) is 4.99 Å². The Hall–Kier alpha value is -2.50. The Kier molecular flexibility index (Phi) is 3.65. The van der Waals surface area contributed by atoms with Gasteiger partial charge in [0.1, 0.15) is 0 Å². The van der Waals surface area contributed by atoms with E-state index in [0.717, 1.165) is 12.1 Å². The van der Waals surface area contributed by atoms with E-state index in [1.165, 1.54) is 18.3 Å². The van der Waals surface area contributed by atoms with Gasteiger partial charge in [-0.3, -0.25) is 4.99 Å². The van der Waals surface area contributed by atoms with Crippen LogP contribution in [0.15, 0.2) is 47.5 Å². The first-order valence-electron chi connectivity index (χ1n) is 5.72. The first-order chi connectivity index (χ1) is 9.36. The fraction of sp³-hybridized carbons (Fsp3) is 0.0714. The van der Waals surface area contributed by atoms with E-state index in [1.807, 2.05) is 0 Å². The molecule has 0 saturated carbocycles. The second kappa shape index (κ2) is 5.24. The van der Waals surface area contributed by atoms with Gasteiger partial charge in [-0.05, 0) is 42.5 Å². The number of halogens is 3. The summed E-state index contributed by atoms with van der Waals surface area (Å²) in [6, 6.07) is 9.49. The van der Waals surface area contributed by atoms with Crippen molar-refractivity contribution in [1.29, 1.82) is 0 Å². The van der Waals surface area contributed by atoms with E-state index in [1.54, 1.807) is 18.2 Å². The summed E-state index contributed by atoms with van der Waals surface area (Å²) in [6.45, 7) is 0. The maximum absolute atomic E-state index is 12.4. The number of aliphatic imine (C=N–C) groups is 1. The lowest BCUT2D eigenvalue weighted by atomic mass is 10.1. The zero-order chi connectivity index (χ0) is 14.8. The van der Waals surface area contributed by atoms with Gasteiger partial charge in [-0.2, -0.15) is 13.2 Å². The van der Waals surface area contributed by atoms with Gasteiger partial charge in [-0.1, -0.05) is 0 Å². The third kappa shape index (κ3) is 3.28. The average molecular weight is 279 g/mol. The van der Waals surface area contributed by atoms with Crippen molar-refractivity contribution in [1.82, 2.24) is 0 Å². The van der Waals surface area contributed by atoms with Crippen molar-refractivity contribution < 1.29 is 13.2 Å². The van der Waals surface area contributed by atoms with Crippen molar-refractivity contribution >= 4 is 23.3 Å². The summed E-state index contributed by atoms with van der Waals surface area (Å²) >= 11 is 0. The van der Waals surface area contributed by atoms with Crippen LogP contribution in [0, 0.1) is 0 Å². The third-order valence-electron chi connectivity index (χ3n) is 2.66. The molecule has 2 rings (SSSR count). The molecule has 0 amide bonds. The van der Waals surface area contributed by atoms with Crippen molar-refractivity contribution in [2.75, 3.05) is 11.5 Å². The van der Waals surface area contributed by atoms with Crippen LogP contribution in [0.2, 0.25) is 0 Å². The van der Waals surface area contributed by atoms with E-state index in [4.69, 9.17) is 11.5 Å². The lowest BCUT2D eigenvalue weighted by molar-refractivity contribution is -0.137. The summed E-state index contributed by atoms with van der Waals surface area (Å²) in [7, 11) is 0. The first kappa shape index (κ1) is 13.9. The summed E-state index contributed by atoms with van der Waals surface area (Å²) in [6.07, 6.45) is -2.88. The lowest BCUT2D eigenvalue weighted by Crippen LogP contribution is -2.03. The van der Waals surface area contributed by atoms with Gasteiger partial charge >= 0.3 is 6.18 Å². The molecule has 104 valence electrons. The fourth-order valence-electron chi connectivity index (χ4n) is 1.59. The topological polar surface area (TPSA) is 64.4 Å². The molecule has 0 aliphatic rings. The molecule has 0 bridgehead atoms. The minimum atomic E-state index is -4.35. The molecule has 0 aliphatic carbocycles. The summed E-state index contributed by atoms with van der Waals surface area (Å²) in [5, 5.41) is 0. The van der Waals surface area contributed by atoms with Gasteiger partial charge in [0, 0.05) is 23.2 Å². The first-order valence-corrected chi connectivity index (χ1v) is 5.72. The van der Waals surface area contributed by atoms with Crippen molar-refractivity contribution in [2.24, 2.45) is 4.99 Å².